The maximum absolute atomic E-state index is 12.2. The van der Waals surface area contributed by atoms with Crippen molar-refractivity contribution in [3.63, 3.8) is 0 Å². The van der Waals surface area contributed by atoms with E-state index < -0.39 is 0 Å². The smallest absolute Gasteiger partial charge is 0.306 e. The highest BCUT2D eigenvalue weighted by Crippen LogP contribution is 2.46. The molecule has 0 aromatic heterocycles. The third-order valence-corrected chi connectivity index (χ3v) is 9.51. The van der Waals surface area contributed by atoms with Crippen molar-refractivity contribution in [1.82, 2.24) is 0 Å². The molecule has 0 spiro atoms. The lowest BCUT2D eigenvalue weighted by molar-refractivity contribution is -0.151. The van der Waals surface area contributed by atoms with Crippen molar-refractivity contribution < 1.29 is 9.53 Å². The Kier molecular flexibility index (Phi) is 12.0. The summed E-state index contributed by atoms with van der Waals surface area (Å²) in [5, 5.41) is 0. The van der Waals surface area contributed by atoms with Gasteiger partial charge in [0.1, 0.15) is 6.10 Å². The minimum Gasteiger partial charge on any atom is -0.462 e. The maximum atomic E-state index is 12.2. The van der Waals surface area contributed by atoms with Gasteiger partial charge in [-0.3, -0.25) is 4.79 Å². The Balaban J connectivity index is 1.26. The van der Waals surface area contributed by atoms with E-state index in [0.717, 1.165) is 48.9 Å². The van der Waals surface area contributed by atoms with E-state index in [1.165, 1.54) is 109 Å². The van der Waals surface area contributed by atoms with E-state index in [2.05, 4.69) is 13.8 Å². The Morgan fingerprint density at radius 1 is 0.594 bits per heavy atom. The van der Waals surface area contributed by atoms with Gasteiger partial charge in [-0.15, -0.1) is 0 Å². The second-order valence-corrected chi connectivity index (χ2v) is 11.8. The van der Waals surface area contributed by atoms with Crippen LogP contribution in [-0.2, 0) is 9.53 Å². The second kappa shape index (κ2) is 14.7. The number of hydrogen-bond donors (Lipinski definition) is 0. The molecule has 0 amide bonds. The Morgan fingerprint density at radius 3 is 1.59 bits per heavy atom. The summed E-state index contributed by atoms with van der Waals surface area (Å²) in [5.74, 6) is 5.06. The lowest BCUT2D eigenvalue weighted by atomic mass is 9.65. The summed E-state index contributed by atoms with van der Waals surface area (Å²) in [6, 6.07) is 0. The van der Waals surface area contributed by atoms with E-state index in [0.29, 0.717) is 6.42 Å². The molecule has 0 radical (unpaired) electrons. The Bertz CT molecular complexity index is 491. The molecule has 3 aliphatic rings. The fourth-order valence-corrected chi connectivity index (χ4v) is 7.32. The molecule has 3 aliphatic carbocycles. The molecule has 32 heavy (non-hydrogen) atoms. The maximum Gasteiger partial charge on any atom is 0.306 e. The van der Waals surface area contributed by atoms with Crippen molar-refractivity contribution in [2.24, 2.45) is 29.6 Å². The highest BCUT2D eigenvalue weighted by molar-refractivity contribution is 5.69. The van der Waals surface area contributed by atoms with E-state index in [4.69, 9.17) is 4.74 Å². The van der Waals surface area contributed by atoms with Crippen molar-refractivity contribution in [1.29, 1.82) is 0 Å². The van der Waals surface area contributed by atoms with Gasteiger partial charge in [0.2, 0.25) is 0 Å². The van der Waals surface area contributed by atoms with Gasteiger partial charge < -0.3 is 4.74 Å². The van der Waals surface area contributed by atoms with Gasteiger partial charge in [0.25, 0.3) is 0 Å². The molecule has 0 aromatic carbocycles. The summed E-state index contributed by atoms with van der Waals surface area (Å²) in [7, 11) is 0. The van der Waals surface area contributed by atoms with E-state index in [1.807, 2.05) is 0 Å². The third-order valence-electron chi connectivity index (χ3n) is 9.51. The zero-order valence-electron chi connectivity index (χ0n) is 21.6. The average molecular weight is 447 g/mol. The van der Waals surface area contributed by atoms with E-state index in [1.54, 1.807) is 0 Å². The highest BCUT2D eigenvalue weighted by atomic mass is 16.5. The minimum atomic E-state index is 0.0647. The van der Waals surface area contributed by atoms with Crippen LogP contribution in [0.4, 0.5) is 0 Å². The number of unbranched alkanes of at least 4 members (excludes halogenated alkanes) is 5. The first-order chi connectivity index (χ1) is 15.7. The molecule has 0 heterocycles. The molecule has 0 bridgehead atoms. The number of carbonyl (C=O) groups is 1. The molecule has 2 heteroatoms. The average Bonchev–Trinajstić information content (AvgIpc) is 2.83. The number of ether oxygens (including phenoxy) is 1. The first kappa shape index (κ1) is 26.1. The van der Waals surface area contributed by atoms with E-state index >= 15 is 0 Å². The van der Waals surface area contributed by atoms with Crippen LogP contribution in [-0.4, -0.2) is 12.1 Å². The first-order valence-electron chi connectivity index (χ1n) is 14.9. The van der Waals surface area contributed by atoms with Crippen molar-refractivity contribution in [3.05, 3.63) is 0 Å². The first-order valence-corrected chi connectivity index (χ1v) is 14.9. The summed E-state index contributed by atoms with van der Waals surface area (Å²) < 4.78 is 5.82. The summed E-state index contributed by atoms with van der Waals surface area (Å²) in [6.45, 7) is 4.57. The number of hydrogen-bond acceptors (Lipinski definition) is 2. The molecule has 0 unspecified atom stereocenters. The molecule has 0 N–H and O–H groups in total. The lowest BCUT2D eigenvalue weighted by Gasteiger charge is -2.41. The SMILES string of the molecule is CCCCCCCC(=O)O[C@H]1CC[C@H]([C@H]2CC[C@H]([C@H]3CC[C@H](CCCC)CC3)CC2)CC1. The second-order valence-electron chi connectivity index (χ2n) is 11.8. The van der Waals surface area contributed by atoms with Crippen molar-refractivity contribution in [2.75, 3.05) is 0 Å². The fourth-order valence-electron chi connectivity index (χ4n) is 7.32. The van der Waals surface area contributed by atoms with E-state index in [-0.39, 0.29) is 12.1 Å². The third kappa shape index (κ3) is 8.68. The molecular formula is C30H54O2. The van der Waals surface area contributed by atoms with Gasteiger partial charge in [0.15, 0.2) is 0 Å². The van der Waals surface area contributed by atoms with Crippen molar-refractivity contribution in [3.8, 4) is 0 Å². The lowest BCUT2D eigenvalue weighted by Crippen LogP contribution is -2.31. The monoisotopic (exact) mass is 446 g/mol. The van der Waals surface area contributed by atoms with Crippen LogP contribution in [0.2, 0.25) is 0 Å². The summed E-state index contributed by atoms with van der Waals surface area (Å²) in [4.78, 5) is 12.2. The van der Waals surface area contributed by atoms with Gasteiger partial charge in [0, 0.05) is 6.42 Å². The number of rotatable bonds is 12. The van der Waals surface area contributed by atoms with E-state index in [9.17, 15) is 4.79 Å². The van der Waals surface area contributed by atoms with Crippen LogP contribution in [0.3, 0.4) is 0 Å². The summed E-state index contributed by atoms with van der Waals surface area (Å²) >= 11 is 0. The molecule has 186 valence electrons. The Morgan fingerprint density at radius 2 is 1.06 bits per heavy atom. The van der Waals surface area contributed by atoms with Gasteiger partial charge in [-0.25, -0.2) is 0 Å². The Hall–Kier alpha value is -0.530. The molecule has 0 atom stereocenters. The standard InChI is InChI=1S/C30H54O2/c1-3-5-7-8-9-11-30(31)32-29-22-20-28(21-23-29)27-18-16-26(17-19-27)25-14-12-24(13-15-25)10-6-4-2/h24-29H,3-23H2,1-2H3/t24-,25-,26-,27-,28-,29-. The predicted octanol–water partition coefficient (Wildman–Crippen LogP) is 9.25. The zero-order valence-corrected chi connectivity index (χ0v) is 21.6. The van der Waals surface area contributed by atoms with Gasteiger partial charge in [-0.1, -0.05) is 71.6 Å². The number of esters is 1. The van der Waals surface area contributed by atoms with Gasteiger partial charge in [0.05, 0.1) is 0 Å². The largest absolute Gasteiger partial charge is 0.462 e. The normalized spacial score (nSPS) is 33.7. The summed E-state index contributed by atoms with van der Waals surface area (Å²) in [5.41, 5.74) is 0. The van der Waals surface area contributed by atoms with Crippen LogP contribution in [0.5, 0.6) is 0 Å². The topological polar surface area (TPSA) is 26.3 Å². The zero-order chi connectivity index (χ0) is 22.6. The van der Waals surface area contributed by atoms with Crippen LogP contribution in [0.15, 0.2) is 0 Å². The molecular weight excluding hydrogens is 392 g/mol. The fraction of sp³-hybridized carbons (Fsp3) is 0.967. The predicted molar refractivity (Wildman–Crippen MR) is 136 cm³/mol. The molecule has 3 rings (SSSR count). The molecule has 0 aliphatic heterocycles. The summed E-state index contributed by atoms with van der Waals surface area (Å²) in [6.07, 6.45) is 28.1. The van der Waals surface area contributed by atoms with Crippen molar-refractivity contribution in [2.45, 2.75) is 155 Å². The van der Waals surface area contributed by atoms with Crippen LogP contribution < -0.4 is 0 Å². The van der Waals surface area contributed by atoms with Crippen LogP contribution in [0.25, 0.3) is 0 Å². The van der Waals surface area contributed by atoms with Gasteiger partial charge in [-0.2, -0.15) is 0 Å². The van der Waals surface area contributed by atoms with Crippen molar-refractivity contribution >= 4 is 5.97 Å². The van der Waals surface area contributed by atoms with Crippen LogP contribution >= 0.6 is 0 Å². The quantitative estimate of drug-likeness (QED) is 0.220. The Labute approximate surface area is 200 Å². The number of carbonyl (C=O) groups excluding carboxylic acids is 1. The van der Waals surface area contributed by atoms with Gasteiger partial charge >= 0.3 is 5.97 Å². The van der Waals surface area contributed by atoms with Crippen LogP contribution in [0.1, 0.15) is 149 Å². The van der Waals surface area contributed by atoms with Gasteiger partial charge in [-0.05, 0) is 100 Å². The highest BCUT2D eigenvalue weighted by Gasteiger charge is 2.35. The molecule has 3 saturated carbocycles. The minimum absolute atomic E-state index is 0.0647. The molecule has 0 saturated heterocycles. The van der Waals surface area contributed by atoms with Crippen LogP contribution in [0, 0.1) is 29.6 Å². The molecule has 0 aromatic rings. The molecule has 2 nitrogen and oxygen atoms in total. The molecule has 3 fully saturated rings.